The molecule has 22 heavy (non-hydrogen) atoms. The molecule has 3 heterocycles. The number of hydrogen-bond acceptors (Lipinski definition) is 4. The van der Waals surface area contributed by atoms with Crippen molar-refractivity contribution < 1.29 is 4.74 Å². The maximum Gasteiger partial charge on any atom is 0.213 e. The normalized spacial score (nSPS) is 18.5. The summed E-state index contributed by atoms with van der Waals surface area (Å²) in [6.45, 7) is 2.59. The van der Waals surface area contributed by atoms with E-state index in [0.29, 0.717) is 5.88 Å². The van der Waals surface area contributed by atoms with Crippen LogP contribution in [0.25, 0.3) is 0 Å². The van der Waals surface area contributed by atoms with Gasteiger partial charge in [0, 0.05) is 37.2 Å². The lowest BCUT2D eigenvalue weighted by atomic mass is 10.3. The molecule has 6 heteroatoms. The number of guanidine groups is 1. The summed E-state index contributed by atoms with van der Waals surface area (Å²) in [6, 6.07) is 9.92. The Labute approximate surface area is 134 Å². The van der Waals surface area contributed by atoms with Gasteiger partial charge in [-0.2, -0.15) is 0 Å². The van der Waals surface area contributed by atoms with E-state index in [4.69, 9.17) is 4.74 Å². The second-order valence-corrected chi connectivity index (χ2v) is 6.15. The highest BCUT2D eigenvalue weighted by molar-refractivity contribution is 7.09. The van der Waals surface area contributed by atoms with Gasteiger partial charge in [0.05, 0.1) is 13.1 Å². The zero-order valence-electron chi connectivity index (χ0n) is 12.6. The second kappa shape index (κ2) is 7.26. The summed E-state index contributed by atoms with van der Waals surface area (Å²) in [6.07, 6.45) is 2.90. The van der Waals surface area contributed by atoms with Gasteiger partial charge in [0.1, 0.15) is 6.10 Å². The quantitative estimate of drug-likeness (QED) is 0.695. The number of aliphatic imine (C=N–C) groups is 1. The van der Waals surface area contributed by atoms with Gasteiger partial charge in [-0.1, -0.05) is 12.1 Å². The van der Waals surface area contributed by atoms with E-state index in [-0.39, 0.29) is 6.10 Å². The molecule has 1 aliphatic rings. The first kappa shape index (κ1) is 14.8. The maximum atomic E-state index is 5.92. The van der Waals surface area contributed by atoms with Crippen molar-refractivity contribution in [2.45, 2.75) is 19.1 Å². The fourth-order valence-corrected chi connectivity index (χ4v) is 3.16. The number of nitrogens with one attached hydrogen (secondary N) is 1. The van der Waals surface area contributed by atoms with Gasteiger partial charge in [0.2, 0.25) is 5.88 Å². The van der Waals surface area contributed by atoms with Crippen LogP contribution in [0.2, 0.25) is 0 Å². The zero-order chi connectivity index (χ0) is 15.2. The van der Waals surface area contributed by atoms with Crippen LogP contribution in [-0.4, -0.2) is 42.1 Å². The van der Waals surface area contributed by atoms with Crippen molar-refractivity contribution >= 4 is 17.3 Å². The van der Waals surface area contributed by atoms with Crippen molar-refractivity contribution in [3.8, 4) is 5.88 Å². The number of aromatic nitrogens is 1. The van der Waals surface area contributed by atoms with Crippen LogP contribution in [-0.2, 0) is 6.54 Å². The molecule has 3 rings (SSSR count). The summed E-state index contributed by atoms with van der Waals surface area (Å²) in [5.41, 5.74) is 0. The number of nitrogens with zero attached hydrogens (tertiary/aromatic N) is 3. The van der Waals surface area contributed by atoms with Gasteiger partial charge in [0.25, 0.3) is 0 Å². The Hall–Kier alpha value is -2.08. The predicted molar refractivity (Wildman–Crippen MR) is 89.4 cm³/mol. The molecule has 0 aliphatic carbocycles. The minimum atomic E-state index is 0.162. The summed E-state index contributed by atoms with van der Waals surface area (Å²) in [7, 11) is 1.82. The van der Waals surface area contributed by atoms with Crippen molar-refractivity contribution in [1.29, 1.82) is 0 Å². The summed E-state index contributed by atoms with van der Waals surface area (Å²) in [5.74, 6) is 1.62. The highest BCUT2D eigenvalue weighted by atomic mass is 32.1. The number of rotatable bonds is 4. The van der Waals surface area contributed by atoms with Crippen LogP contribution in [0, 0.1) is 0 Å². The molecule has 1 fully saturated rings. The molecule has 1 atom stereocenters. The standard InChI is InChI=1S/C16H20N4OS/c1-17-16(19-11-14-5-4-10-22-14)20-9-7-13(12-20)21-15-6-2-3-8-18-15/h2-6,8,10,13H,7,9,11-12H2,1H3,(H,17,19). The molecule has 0 aromatic carbocycles. The van der Waals surface area contributed by atoms with E-state index in [1.165, 1.54) is 4.88 Å². The lowest BCUT2D eigenvalue weighted by Crippen LogP contribution is -2.40. The molecule has 0 saturated carbocycles. The lowest BCUT2D eigenvalue weighted by Gasteiger charge is -2.21. The van der Waals surface area contributed by atoms with Gasteiger partial charge in [-0.3, -0.25) is 4.99 Å². The molecule has 0 bridgehead atoms. The maximum absolute atomic E-state index is 5.92. The molecule has 116 valence electrons. The molecule has 1 unspecified atom stereocenters. The lowest BCUT2D eigenvalue weighted by molar-refractivity contribution is 0.205. The van der Waals surface area contributed by atoms with Crippen molar-refractivity contribution in [3.05, 3.63) is 46.8 Å². The average Bonchev–Trinajstić information content (AvgIpc) is 3.21. The Bertz CT molecular complexity index is 600. The average molecular weight is 316 g/mol. The smallest absolute Gasteiger partial charge is 0.213 e. The summed E-state index contributed by atoms with van der Waals surface area (Å²) >= 11 is 1.75. The van der Waals surface area contributed by atoms with Crippen LogP contribution in [0.3, 0.4) is 0 Å². The first-order chi connectivity index (χ1) is 10.8. The van der Waals surface area contributed by atoms with Gasteiger partial charge in [0.15, 0.2) is 5.96 Å². The van der Waals surface area contributed by atoms with Gasteiger partial charge in [-0.15, -0.1) is 11.3 Å². The monoisotopic (exact) mass is 316 g/mol. The largest absolute Gasteiger partial charge is 0.472 e. The van der Waals surface area contributed by atoms with E-state index in [9.17, 15) is 0 Å². The Morgan fingerprint density at radius 2 is 2.41 bits per heavy atom. The van der Waals surface area contributed by atoms with E-state index >= 15 is 0 Å². The molecule has 5 nitrogen and oxygen atoms in total. The van der Waals surface area contributed by atoms with Crippen molar-refractivity contribution in [1.82, 2.24) is 15.2 Å². The first-order valence-electron chi connectivity index (χ1n) is 7.41. The highest BCUT2D eigenvalue weighted by Gasteiger charge is 2.26. The second-order valence-electron chi connectivity index (χ2n) is 5.12. The molecule has 0 amide bonds. The molecular weight excluding hydrogens is 296 g/mol. The summed E-state index contributed by atoms with van der Waals surface area (Å²) in [4.78, 5) is 12.1. The third-order valence-corrected chi connectivity index (χ3v) is 4.46. The van der Waals surface area contributed by atoms with Gasteiger partial charge in [-0.25, -0.2) is 4.98 Å². The van der Waals surface area contributed by atoms with Crippen molar-refractivity contribution in [2.24, 2.45) is 4.99 Å². The molecule has 2 aromatic heterocycles. The number of hydrogen-bond donors (Lipinski definition) is 1. The van der Waals surface area contributed by atoms with Crippen LogP contribution in [0.1, 0.15) is 11.3 Å². The van der Waals surface area contributed by atoms with Gasteiger partial charge < -0.3 is 15.0 Å². The van der Waals surface area contributed by atoms with Crippen LogP contribution in [0.15, 0.2) is 46.9 Å². The van der Waals surface area contributed by atoms with Crippen LogP contribution >= 0.6 is 11.3 Å². The molecule has 0 radical (unpaired) electrons. The highest BCUT2D eigenvalue weighted by Crippen LogP contribution is 2.16. The Balaban J connectivity index is 1.52. The SMILES string of the molecule is CN=C(NCc1cccs1)N1CCC(Oc2ccccn2)C1. The first-order valence-corrected chi connectivity index (χ1v) is 8.29. The van der Waals surface area contributed by atoms with Gasteiger partial charge >= 0.3 is 0 Å². The molecule has 1 N–H and O–H groups in total. The van der Waals surface area contributed by atoms with E-state index in [2.05, 4.69) is 37.7 Å². The Kier molecular flexibility index (Phi) is 4.90. The van der Waals surface area contributed by atoms with Crippen molar-refractivity contribution in [3.63, 3.8) is 0 Å². The van der Waals surface area contributed by atoms with Gasteiger partial charge in [-0.05, 0) is 17.5 Å². The van der Waals surface area contributed by atoms with E-state index in [1.807, 2.05) is 25.2 Å². The van der Waals surface area contributed by atoms with Crippen LogP contribution in [0.4, 0.5) is 0 Å². The number of pyridine rings is 1. The third kappa shape index (κ3) is 3.76. The predicted octanol–water partition coefficient (Wildman–Crippen LogP) is 2.37. The minimum Gasteiger partial charge on any atom is -0.472 e. The van der Waals surface area contributed by atoms with Crippen molar-refractivity contribution in [2.75, 3.05) is 20.1 Å². The number of thiophene rings is 1. The molecule has 0 spiro atoms. The fourth-order valence-electron chi connectivity index (χ4n) is 2.52. The fraction of sp³-hybridized carbons (Fsp3) is 0.375. The van der Waals surface area contributed by atoms with Crippen LogP contribution in [0.5, 0.6) is 5.88 Å². The molecule has 1 saturated heterocycles. The third-order valence-electron chi connectivity index (χ3n) is 3.58. The summed E-state index contributed by atoms with van der Waals surface area (Å²) in [5, 5.41) is 5.50. The zero-order valence-corrected chi connectivity index (χ0v) is 13.4. The number of likely N-dealkylation sites (tertiary alicyclic amines) is 1. The van der Waals surface area contributed by atoms with E-state index in [0.717, 1.165) is 32.0 Å². The summed E-state index contributed by atoms with van der Waals surface area (Å²) < 4.78 is 5.92. The Morgan fingerprint density at radius 1 is 1.45 bits per heavy atom. The van der Waals surface area contributed by atoms with E-state index < -0.39 is 0 Å². The molecular formula is C16H20N4OS. The number of ether oxygens (including phenoxy) is 1. The molecule has 2 aromatic rings. The topological polar surface area (TPSA) is 49.8 Å². The Morgan fingerprint density at radius 3 is 3.14 bits per heavy atom. The molecule has 1 aliphatic heterocycles. The minimum absolute atomic E-state index is 0.162. The van der Waals surface area contributed by atoms with E-state index in [1.54, 1.807) is 17.5 Å². The van der Waals surface area contributed by atoms with Crippen LogP contribution < -0.4 is 10.1 Å².